The molecule has 0 heterocycles. The van der Waals surface area contributed by atoms with Crippen molar-refractivity contribution in [2.24, 2.45) is 0 Å². The van der Waals surface area contributed by atoms with Gasteiger partial charge in [-0.25, -0.2) is 12.7 Å². The first kappa shape index (κ1) is 16.2. The van der Waals surface area contributed by atoms with Crippen molar-refractivity contribution in [2.75, 3.05) is 6.54 Å². The van der Waals surface area contributed by atoms with E-state index in [1.165, 1.54) is 18.2 Å². The Balaban J connectivity index is 3.23. The maximum absolute atomic E-state index is 12.5. The van der Waals surface area contributed by atoms with Gasteiger partial charge in [0.25, 0.3) is 10.0 Å². The molecular formula is C15H19NO3S. The SMILES string of the molecule is C=CCC(=O)N(CC(=C)C)S(=O)(=O)c1ccc(C)cc1. The van der Waals surface area contributed by atoms with Crippen LogP contribution in [0.25, 0.3) is 0 Å². The topological polar surface area (TPSA) is 54.5 Å². The van der Waals surface area contributed by atoms with Gasteiger partial charge in [-0.15, -0.1) is 6.58 Å². The molecule has 0 bridgehead atoms. The highest BCUT2D eigenvalue weighted by molar-refractivity contribution is 7.89. The Morgan fingerprint density at radius 2 is 1.85 bits per heavy atom. The fourth-order valence-corrected chi connectivity index (χ4v) is 3.08. The van der Waals surface area contributed by atoms with Crippen LogP contribution in [0.1, 0.15) is 18.9 Å². The molecule has 0 aliphatic rings. The van der Waals surface area contributed by atoms with Crippen LogP contribution in [-0.4, -0.2) is 25.2 Å². The first-order valence-corrected chi connectivity index (χ1v) is 7.60. The summed E-state index contributed by atoms with van der Waals surface area (Å²) in [6.07, 6.45) is 1.36. The molecule has 0 radical (unpaired) electrons. The van der Waals surface area contributed by atoms with E-state index in [2.05, 4.69) is 13.2 Å². The van der Waals surface area contributed by atoms with Gasteiger partial charge in [-0.1, -0.05) is 35.9 Å². The zero-order valence-corrected chi connectivity index (χ0v) is 12.6. The van der Waals surface area contributed by atoms with E-state index in [1.54, 1.807) is 19.1 Å². The second-order valence-electron chi connectivity index (χ2n) is 4.67. The molecule has 0 atom stereocenters. The summed E-state index contributed by atoms with van der Waals surface area (Å²) in [6, 6.07) is 6.39. The lowest BCUT2D eigenvalue weighted by molar-refractivity contribution is -0.125. The normalized spacial score (nSPS) is 10.9. The third-order valence-corrected chi connectivity index (χ3v) is 4.40. The van der Waals surface area contributed by atoms with Crippen LogP contribution in [0.2, 0.25) is 0 Å². The van der Waals surface area contributed by atoms with Crippen molar-refractivity contribution in [3.8, 4) is 0 Å². The Hall–Kier alpha value is -1.88. The number of rotatable bonds is 6. The van der Waals surface area contributed by atoms with Gasteiger partial charge in [0, 0.05) is 6.42 Å². The van der Waals surface area contributed by atoms with Crippen molar-refractivity contribution >= 4 is 15.9 Å². The molecule has 4 nitrogen and oxygen atoms in total. The number of carbonyl (C=O) groups is 1. The van der Waals surface area contributed by atoms with E-state index < -0.39 is 15.9 Å². The van der Waals surface area contributed by atoms with Gasteiger partial charge in [0.05, 0.1) is 11.4 Å². The average molecular weight is 293 g/mol. The minimum absolute atomic E-state index is 0.0249. The number of sulfonamides is 1. The van der Waals surface area contributed by atoms with Crippen LogP contribution in [-0.2, 0) is 14.8 Å². The molecular weight excluding hydrogens is 274 g/mol. The summed E-state index contributed by atoms with van der Waals surface area (Å²) in [5.74, 6) is -0.511. The molecule has 1 amide bonds. The number of nitrogens with zero attached hydrogens (tertiary/aromatic N) is 1. The van der Waals surface area contributed by atoms with Gasteiger partial charge in [-0.2, -0.15) is 0 Å². The van der Waals surface area contributed by atoms with Gasteiger partial charge in [-0.05, 0) is 26.0 Å². The van der Waals surface area contributed by atoms with Crippen molar-refractivity contribution in [2.45, 2.75) is 25.2 Å². The first-order chi connectivity index (χ1) is 9.28. The van der Waals surface area contributed by atoms with Crippen molar-refractivity contribution < 1.29 is 13.2 Å². The molecule has 0 aliphatic heterocycles. The summed E-state index contributed by atoms with van der Waals surface area (Å²) in [7, 11) is -3.86. The number of aryl methyl sites for hydroxylation is 1. The van der Waals surface area contributed by atoms with E-state index in [0.717, 1.165) is 9.87 Å². The molecule has 1 aromatic rings. The van der Waals surface area contributed by atoms with E-state index in [4.69, 9.17) is 0 Å². The first-order valence-electron chi connectivity index (χ1n) is 6.16. The van der Waals surface area contributed by atoms with Gasteiger partial charge < -0.3 is 0 Å². The van der Waals surface area contributed by atoms with E-state index in [-0.39, 0.29) is 17.9 Å². The number of hydrogen-bond donors (Lipinski definition) is 0. The molecule has 0 aliphatic carbocycles. The van der Waals surface area contributed by atoms with E-state index in [1.807, 2.05) is 6.92 Å². The van der Waals surface area contributed by atoms with Crippen LogP contribution in [0.3, 0.4) is 0 Å². The van der Waals surface area contributed by atoms with Crippen LogP contribution in [0.5, 0.6) is 0 Å². The maximum Gasteiger partial charge on any atom is 0.266 e. The molecule has 0 spiro atoms. The highest BCUT2D eigenvalue weighted by Gasteiger charge is 2.28. The van der Waals surface area contributed by atoms with Gasteiger partial charge in [0.15, 0.2) is 0 Å². The molecule has 5 heteroatoms. The zero-order valence-electron chi connectivity index (χ0n) is 11.8. The fourth-order valence-electron chi connectivity index (χ4n) is 1.62. The van der Waals surface area contributed by atoms with Crippen LogP contribution in [0, 0.1) is 6.92 Å². The molecule has 0 aromatic heterocycles. The maximum atomic E-state index is 12.5. The quantitative estimate of drug-likeness (QED) is 0.758. The van der Waals surface area contributed by atoms with Crippen LogP contribution in [0.4, 0.5) is 0 Å². The minimum atomic E-state index is -3.86. The molecule has 20 heavy (non-hydrogen) atoms. The Bertz CT molecular complexity index is 615. The van der Waals surface area contributed by atoms with Gasteiger partial charge in [0.2, 0.25) is 5.91 Å². The van der Waals surface area contributed by atoms with Gasteiger partial charge >= 0.3 is 0 Å². The lowest BCUT2D eigenvalue weighted by Crippen LogP contribution is -2.37. The third-order valence-electron chi connectivity index (χ3n) is 2.62. The second kappa shape index (κ2) is 6.52. The van der Waals surface area contributed by atoms with Crippen molar-refractivity contribution in [1.29, 1.82) is 0 Å². The van der Waals surface area contributed by atoms with Gasteiger partial charge in [0.1, 0.15) is 0 Å². The van der Waals surface area contributed by atoms with Crippen LogP contribution < -0.4 is 0 Å². The molecule has 0 saturated heterocycles. The molecule has 0 fully saturated rings. The number of carbonyl (C=O) groups excluding carboxylic acids is 1. The van der Waals surface area contributed by atoms with E-state index in [9.17, 15) is 13.2 Å². The third kappa shape index (κ3) is 3.81. The number of hydrogen-bond acceptors (Lipinski definition) is 3. The highest BCUT2D eigenvalue weighted by atomic mass is 32.2. The highest BCUT2D eigenvalue weighted by Crippen LogP contribution is 2.18. The molecule has 0 unspecified atom stereocenters. The smallest absolute Gasteiger partial charge is 0.266 e. The fraction of sp³-hybridized carbons (Fsp3) is 0.267. The largest absolute Gasteiger partial charge is 0.273 e. The summed E-state index contributed by atoms with van der Waals surface area (Å²) >= 11 is 0. The summed E-state index contributed by atoms with van der Waals surface area (Å²) in [4.78, 5) is 12.1. The monoisotopic (exact) mass is 293 g/mol. The van der Waals surface area contributed by atoms with Crippen LogP contribution in [0.15, 0.2) is 54.0 Å². The zero-order chi connectivity index (χ0) is 15.3. The average Bonchev–Trinajstić information content (AvgIpc) is 2.36. The molecule has 1 rings (SSSR count). The second-order valence-corrected chi connectivity index (χ2v) is 6.53. The predicted octanol–water partition coefficient (Wildman–Crippen LogP) is 2.66. The van der Waals surface area contributed by atoms with Crippen molar-refractivity contribution in [1.82, 2.24) is 4.31 Å². The lowest BCUT2D eigenvalue weighted by atomic mass is 10.2. The van der Waals surface area contributed by atoms with E-state index >= 15 is 0 Å². The molecule has 0 N–H and O–H groups in total. The van der Waals surface area contributed by atoms with Crippen LogP contribution >= 0.6 is 0 Å². The Morgan fingerprint density at radius 1 is 1.30 bits per heavy atom. The van der Waals surface area contributed by atoms with Crippen molar-refractivity contribution in [3.05, 3.63) is 54.6 Å². The van der Waals surface area contributed by atoms with Crippen molar-refractivity contribution in [3.63, 3.8) is 0 Å². The molecule has 0 saturated carbocycles. The van der Waals surface area contributed by atoms with E-state index in [0.29, 0.717) is 5.57 Å². The number of amides is 1. The summed E-state index contributed by atoms with van der Waals surface area (Å²) in [5.41, 5.74) is 1.55. The minimum Gasteiger partial charge on any atom is -0.273 e. The summed E-state index contributed by atoms with van der Waals surface area (Å²) in [6.45, 7) is 10.7. The summed E-state index contributed by atoms with van der Waals surface area (Å²) in [5, 5.41) is 0. The predicted molar refractivity (Wildman–Crippen MR) is 79.7 cm³/mol. The number of benzene rings is 1. The lowest BCUT2D eigenvalue weighted by Gasteiger charge is -2.22. The Morgan fingerprint density at radius 3 is 2.30 bits per heavy atom. The Labute approximate surface area is 120 Å². The Kier molecular flexibility index (Phi) is 5.27. The summed E-state index contributed by atoms with van der Waals surface area (Å²) < 4.78 is 25.9. The van der Waals surface area contributed by atoms with Gasteiger partial charge in [-0.3, -0.25) is 4.79 Å². The molecule has 1 aromatic carbocycles. The standard InChI is InChI=1S/C15H19NO3S/c1-5-6-15(17)16(11-12(2)3)20(18,19)14-9-7-13(4)8-10-14/h5,7-10H,1-2,6,11H2,3-4H3. The molecule has 108 valence electrons.